The average molecular weight is 286 g/mol. The number of aromatic nitrogens is 1. The van der Waals surface area contributed by atoms with E-state index in [1.165, 1.54) is 10.2 Å². The van der Waals surface area contributed by atoms with Crippen LogP contribution in [0.15, 0.2) is 24.3 Å². The predicted molar refractivity (Wildman–Crippen MR) is 75.9 cm³/mol. The molecule has 3 nitrogen and oxygen atoms in total. The highest BCUT2D eigenvalue weighted by molar-refractivity contribution is 7.89. The Hall–Kier alpha value is -1.00. The van der Waals surface area contributed by atoms with Gasteiger partial charge in [0, 0.05) is 21.5 Å². The number of hydrogen-bond acceptors (Lipinski definition) is 2. The molecule has 0 spiro atoms. The smallest absolute Gasteiger partial charge is 0.236 e. The molecular weight excluding hydrogens is 270 g/mol. The van der Waals surface area contributed by atoms with Crippen molar-refractivity contribution >= 4 is 32.5 Å². The Morgan fingerprint density at radius 2 is 1.78 bits per heavy atom. The summed E-state index contributed by atoms with van der Waals surface area (Å²) < 4.78 is 25.4. The predicted octanol–water partition coefficient (Wildman–Crippen LogP) is 3.40. The molecule has 1 heterocycles. The molecule has 2 rings (SSSR count). The van der Waals surface area contributed by atoms with Gasteiger partial charge in [0.05, 0.1) is 11.8 Å². The third kappa shape index (κ3) is 2.27. The molecule has 0 N–H and O–H groups in total. The lowest BCUT2D eigenvalue weighted by molar-refractivity contribution is 0.549. The molecule has 0 unspecified atom stereocenters. The minimum Gasteiger partial charge on any atom is -0.242 e. The van der Waals surface area contributed by atoms with Crippen LogP contribution in [-0.4, -0.2) is 18.6 Å². The molecule has 0 aliphatic heterocycles. The molecule has 1 aromatic carbocycles. The fourth-order valence-electron chi connectivity index (χ4n) is 2.04. The summed E-state index contributed by atoms with van der Waals surface area (Å²) in [6.07, 6.45) is 1.22. The SMILES string of the molecule is CC(C)(C)c1cc2cc(Cl)ccc2n1S(C)(=O)=O. The maximum absolute atomic E-state index is 12.0. The highest BCUT2D eigenvalue weighted by Gasteiger charge is 2.25. The molecule has 0 bridgehead atoms. The summed E-state index contributed by atoms with van der Waals surface area (Å²) in [5.41, 5.74) is 1.18. The first-order valence-corrected chi connectivity index (χ1v) is 7.85. The Bertz CT molecular complexity index is 708. The first kappa shape index (κ1) is 13.4. The van der Waals surface area contributed by atoms with E-state index in [-0.39, 0.29) is 5.41 Å². The lowest BCUT2D eigenvalue weighted by atomic mass is 9.92. The Morgan fingerprint density at radius 3 is 2.28 bits per heavy atom. The average Bonchev–Trinajstić information content (AvgIpc) is 2.54. The normalized spacial score (nSPS) is 13.2. The highest BCUT2D eigenvalue weighted by atomic mass is 35.5. The summed E-state index contributed by atoms with van der Waals surface area (Å²) in [7, 11) is -3.34. The van der Waals surface area contributed by atoms with Crippen LogP contribution in [-0.2, 0) is 15.4 Å². The molecule has 0 atom stereocenters. The Morgan fingerprint density at radius 1 is 1.17 bits per heavy atom. The third-order valence-electron chi connectivity index (χ3n) is 2.82. The fourth-order valence-corrected chi connectivity index (χ4v) is 3.43. The lowest BCUT2D eigenvalue weighted by Crippen LogP contribution is -2.22. The van der Waals surface area contributed by atoms with E-state index in [1.807, 2.05) is 26.8 Å². The van der Waals surface area contributed by atoms with E-state index < -0.39 is 10.0 Å². The van der Waals surface area contributed by atoms with Crippen molar-refractivity contribution in [2.24, 2.45) is 0 Å². The van der Waals surface area contributed by atoms with Crippen molar-refractivity contribution in [1.82, 2.24) is 3.97 Å². The van der Waals surface area contributed by atoms with Crippen molar-refractivity contribution < 1.29 is 8.42 Å². The van der Waals surface area contributed by atoms with Crippen molar-refractivity contribution in [2.75, 3.05) is 6.26 Å². The Labute approximate surface area is 112 Å². The van der Waals surface area contributed by atoms with E-state index in [9.17, 15) is 8.42 Å². The molecule has 0 saturated heterocycles. The van der Waals surface area contributed by atoms with Gasteiger partial charge in [0.25, 0.3) is 0 Å². The van der Waals surface area contributed by atoms with E-state index in [0.29, 0.717) is 10.5 Å². The first-order valence-electron chi connectivity index (χ1n) is 5.63. The number of rotatable bonds is 1. The molecule has 0 aliphatic rings. The van der Waals surface area contributed by atoms with Crippen molar-refractivity contribution in [3.8, 4) is 0 Å². The lowest BCUT2D eigenvalue weighted by Gasteiger charge is -2.20. The summed E-state index contributed by atoms with van der Waals surface area (Å²) in [6.45, 7) is 5.97. The standard InChI is InChI=1S/C13H16ClNO2S/c1-13(2,3)12-8-9-7-10(14)5-6-11(9)15(12)18(4,16)17/h5-8H,1-4H3. The monoisotopic (exact) mass is 285 g/mol. The third-order valence-corrected chi connectivity index (χ3v) is 4.11. The van der Waals surface area contributed by atoms with Gasteiger partial charge in [0.15, 0.2) is 0 Å². The zero-order valence-corrected chi connectivity index (χ0v) is 12.4. The molecule has 0 aliphatic carbocycles. The number of hydrogen-bond donors (Lipinski definition) is 0. The first-order chi connectivity index (χ1) is 8.10. The number of nitrogens with zero attached hydrogens (tertiary/aromatic N) is 1. The van der Waals surface area contributed by atoms with Crippen LogP contribution >= 0.6 is 11.6 Å². The van der Waals surface area contributed by atoms with Gasteiger partial charge in [-0.1, -0.05) is 32.4 Å². The van der Waals surface area contributed by atoms with Crippen molar-refractivity contribution in [3.63, 3.8) is 0 Å². The molecular formula is C13H16ClNO2S. The largest absolute Gasteiger partial charge is 0.242 e. The topological polar surface area (TPSA) is 39.1 Å². The van der Waals surface area contributed by atoms with Crippen molar-refractivity contribution in [3.05, 3.63) is 35.0 Å². The quantitative estimate of drug-likeness (QED) is 0.805. The molecule has 1 aromatic heterocycles. The molecule has 98 valence electrons. The van der Waals surface area contributed by atoms with Crippen LogP contribution in [0.4, 0.5) is 0 Å². The van der Waals surface area contributed by atoms with Gasteiger partial charge in [0.1, 0.15) is 0 Å². The summed E-state index contributed by atoms with van der Waals surface area (Å²) in [5.74, 6) is 0. The molecule has 0 radical (unpaired) electrons. The molecule has 0 fully saturated rings. The van der Waals surface area contributed by atoms with Crippen LogP contribution < -0.4 is 0 Å². The van der Waals surface area contributed by atoms with Crippen molar-refractivity contribution in [2.45, 2.75) is 26.2 Å². The number of fused-ring (bicyclic) bond motifs is 1. The minimum absolute atomic E-state index is 0.255. The summed E-state index contributed by atoms with van der Waals surface area (Å²) in [5, 5.41) is 1.45. The van der Waals surface area contributed by atoms with Crippen LogP contribution in [0.3, 0.4) is 0 Å². The van der Waals surface area contributed by atoms with Gasteiger partial charge < -0.3 is 0 Å². The van der Waals surface area contributed by atoms with E-state index >= 15 is 0 Å². The fraction of sp³-hybridized carbons (Fsp3) is 0.385. The Kier molecular flexibility index (Phi) is 2.98. The van der Waals surface area contributed by atoms with Crippen LogP contribution in [0.25, 0.3) is 10.9 Å². The molecule has 0 amide bonds. The van der Waals surface area contributed by atoms with Gasteiger partial charge in [0.2, 0.25) is 10.0 Å². The maximum atomic E-state index is 12.0. The second-order valence-corrected chi connectivity index (χ2v) is 7.78. The van der Waals surface area contributed by atoms with Crippen molar-refractivity contribution in [1.29, 1.82) is 0 Å². The second kappa shape index (κ2) is 4.00. The minimum atomic E-state index is -3.34. The molecule has 2 aromatic rings. The number of halogens is 1. The highest BCUT2D eigenvalue weighted by Crippen LogP contribution is 2.31. The molecule has 18 heavy (non-hydrogen) atoms. The molecule has 0 saturated carbocycles. The summed E-state index contributed by atoms with van der Waals surface area (Å²) >= 11 is 5.95. The van der Waals surface area contributed by atoms with E-state index in [2.05, 4.69) is 0 Å². The van der Waals surface area contributed by atoms with Crippen LogP contribution in [0, 0.1) is 0 Å². The van der Waals surface area contributed by atoms with E-state index in [0.717, 1.165) is 11.1 Å². The maximum Gasteiger partial charge on any atom is 0.236 e. The van der Waals surface area contributed by atoms with Gasteiger partial charge in [-0.2, -0.15) is 0 Å². The van der Waals surface area contributed by atoms with E-state index in [1.54, 1.807) is 18.2 Å². The molecule has 5 heteroatoms. The van der Waals surface area contributed by atoms with Crippen LogP contribution in [0.1, 0.15) is 26.5 Å². The summed E-state index contributed by atoms with van der Waals surface area (Å²) in [6, 6.07) is 7.13. The Balaban J connectivity index is 2.95. The second-order valence-electron chi connectivity index (χ2n) is 5.51. The van der Waals surface area contributed by atoms with Gasteiger partial charge in [-0.05, 0) is 24.3 Å². The van der Waals surface area contributed by atoms with E-state index in [4.69, 9.17) is 11.6 Å². The van der Waals surface area contributed by atoms with Crippen LogP contribution in [0.5, 0.6) is 0 Å². The van der Waals surface area contributed by atoms with Gasteiger partial charge >= 0.3 is 0 Å². The van der Waals surface area contributed by atoms with Gasteiger partial charge in [-0.25, -0.2) is 12.4 Å². The zero-order chi connectivity index (χ0) is 13.7. The summed E-state index contributed by atoms with van der Waals surface area (Å²) in [4.78, 5) is 0. The van der Waals surface area contributed by atoms with Gasteiger partial charge in [-0.3, -0.25) is 0 Å². The number of benzene rings is 1. The van der Waals surface area contributed by atoms with Crippen LogP contribution in [0.2, 0.25) is 5.02 Å². The zero-order valence-electron chi connectivity index (χ0n) is 10.9. The van der Waals surface area contributed by atoms with Gasteiger partial charge in [-0.15, -0.1) is 0 Å².